The minimum atomic E-state index is -1.34. The van der Waals surface area contributed by atoms with Gasteiger partial charge >= 0.3 is 6.03 Å². The minimum absolute atomic E-state index is 0.0102. The van der Waals surface area contributed by atoms with Crippen molar-refractivity contribution in [2.75, 3.05) is 11.4 Å². The first-order chi connectivity index (χ1) is 11.9. The molecule has 7 heteroatoms. The molecule has 3 rings (SSSR count). The first-order valence-electron chi connectivity index (χ1n) is 7.72. The maximum atomic E-state index is 13.8. The average Bonchev–Trinajstić information content (AvgIpc) is 2.80. The number of hydrogen-bond acceptors (Lipinski definition) is 3. The lowest BCUT2D eigenvalue weighted by Crippen LogP contribution is -2.36. The fraction of sp³-hybridized carbons (Fsp3) is 0.222. The van der Waals surface area contributed by atoms with Crippen molar-refractivity contribution in [1.29, 1.82) is 0 Å². The van der Waals surface area contributed by atoms with E-state index in [1.165, 1.54) is 47.4 Å². The second-order valence-electron chi connectivity index (χ2n) is 5.79. The highest BCUT2D eigenvalue weighted by atomic mass is 19.1. The molecule has 1 heterocycles. The van der Waals surface area contributed by atoms with Gasteiger partial charge in [0, 0.05) is 11.3 Å². The van der Waals surface area contributed by atoms with Crippen LogP contribution < -0.4 is 4.90 Å². The van der Waals surface area contributed by atoms with Crippen LogP contribution in [0.4, 0.5) is 19.3 Å². The van der Waals surface area contributed by atoms with Crippen LogP contribution in [0.25, 0.3) is 0 Å². The smallest absolute Gasteiger partial charge is 0.332 e. The monoisotopic (exact) mass is 346 g/mol. The van der Waals surface area contributed by atoms with Crippen LogP contribution in [0.2, 0.25) is 0 Å². The fourth-order valence-corrected chi connectivity index (χ4v) is 2.85. The quantitative estimate of drug-likeness (QED) is 0.866. The number of anilines is 1. The molecule has 1 N–H and O–H groups in total. The highest BCUT2D eigenvalue weighted by molar-refractivity contribution is 6.14. The predicted octanol–water partition coefficient (Wildman–Crippen LogP) is 2.86. The summed E-state index contributed by atoms with van der Waals surface area (Å²) in [6.45, 7) is 1.18. The average molecular weight is 346 g/mol. The minimum Gasteiger partial charge on any atom is -0.386 e. The summed E-state index contributed by atoms with van der Waals surface area (Å²) in [4.78, 5) is 27.1. The maximum Gasteiger partial charge on any atom is 0.332 e. The van der Waals surface area contributed by atoms with Gasteiger partial charge < -0.3 is 5.11 Å². The summed E-state index contributed by atoms with van der Waals surface area (Å²) >= 11 is 0. The van der Waals surface area contributed by atoms with Crippen LogP contribution in [0.15, 0.2) is 48.5 Å². The summed E-state index contributed by atoms with van der Waals surface area (Å²) < 4.78 is 26.8. The van der Waals surface area contributed by atoms with E-state index in [1.807, 2.05) is 0 Å². The molecular weight excluding hydrogens is 330 g/mol. The Morgan fingerprint density at radius 3 is 2.36 bits per heavy atom. The number of carbonyl (C=O) groups is 2. The van der Waals surface area contributed by atoms with Crippen molar-refractivity contribution in [3.63, 3.8) is 0 Å². The van der Waals surface area contributed by atoms with Crippen LogP contribution in [0.5, 0.6) is 0 Å². The number of halogens is 2. The fourth-order valence-electron chi connectivity index (χ4n) is 2.85. The molecule has 2 aromatic carbocycles. The third-order valence-corrected chi connectivity index (χ3v) is 4.17. The van der Waals surface area contributed by atoms with Crippen molar-refractivity contribution in [2.45, 2.75) is 19.1 Å². The number of β-amino-alcohol motifs (C(OH)–C–C–N with tert-alkyl or cyclic N) is 1. The number of aliphatic hydroxyl groups excluding tert-OH is 1. The number of hydrogen-bond donors (Lipinski definition) is 1. The number of aliphatic hydroxyl groups is 1. The molecule has 1 aliphatic heterocycles. The van der Waals surface area contributed by atoms with E-state index >= 15 is 0 Å². The number of carbonyl (C=O) groups excluding carboxylic acids is 2. The Bertz CT molecular complexity index is 810. The van der Waals surface area contributed by atoms with Gasteiger partial charge in [0.2, 0.25) is 0 Å². The molecule has 3 amide bonds. The lowest BCUT2D eigenvalue weighted by atomic mass is 10.1. The summed E-state index contributed by atoms with van der Waals surface area (Å²) in [5.74, 6) is -1.58. The second-order valence-corrected chi connectivity index (χ2v) is 5.79. The second kappa shape index (κ2) is 6.60. The number of imide groups is 1. The standard InChI is InChI=1S/C18H16F2N2O3/c1-11-17(24)21(10-16(23)14-4-2-3-5-15(14)20)18(25)22(11)13-8-6-12(19)7-9-13/h2-9,11,16,23H,10H2,1H3. The zero-order valence-corrected chi connectivity index (χ0v) is 13.4. The third kappa shape index (κ3) is 3.10. The molecule has 0 saturated carbocycles. The van der Waals surface area contributed by atoms with Gasteiger partial charge in [0.1, 0.15) is 17.7 Å². The van der Waals surface area contributed by atoms with Crippen LogP contribution in [-0.4, -0.2) is 34.5 Å². The molecule has 0 aliphatic carbocycles. The number of urea groups is 1. The molecule has 5 nitrogen and oxygen atoms in total. The van der Waals surface area contributed by atoms with E-state index in [0.29, 0.717) is 5.69 Å². The van der Waals surface area contributed by atoms with Gasteiger partial charge in [-0.15, -0.1) is 0 Å². The maximum absolute atomic E-state index is 13.8. The Hall–Kier alpha value is -2.80. The molecule has 0 radical (unpaired) electrons. The van der Waals surface area contributed by atoms with E-state index in [-0.39, 0.29) is 12.1 Å². The zero-order chi connectivity index (χ0) is 18.1. The van der Waals surface area contributed by atoms with Gasteiger partial charge in [0.15, 0.2) is 0 Å². The van der Waals surface area contributed by atoms with Crippen LogP contribution in [0.3, 0.4) is 0 Å². The molecule has 1 fully saturated rings. The van der Waals surface area contributed by atoms with E-state index < -0.39 is 35.7 Å². The molecule has 1 aliphatic rings. The van der Waals surface area contributed by atoms with E-state index in [1.54, 1.807) is 13.0 Å². The van der Waals surface area contributed by atoms with Gasteiger partial charge in [0.05, 0.1) is 12.6 Å². The molecule has 2 aromatic rings. The summed E-state index contributed by atoms with van der Waals surface area (Å²) in [7, 11) is 0. The predicted molar refractivity (Wildman–Crippen MR) is 86.8 cm³/mol. The molecule has 2 atom stereocenters. The largest absolute Gasteiger partial charge is 0.386 e. The van der Waals surface area contributed by atoms with Crippen molar-refractivity contribution in [1.82, 2.24) is 4.90 Å². The van der Waals surface area contributed by atoms with E-state index in [4.69, 9.17) is 0 Å². The summed E-state index contributed by atoms with van der Waals surface area (Å²) in [6.07, 6.45) is -1.34. The van der Waals surface area contributed by atoms with Crippen LogP contribution >= 0.6 is 0 Å². The van der Waals surface area contributed by atoms with E-state index in [9.17, 15) is 23.5 Å². The van der Waals surface area contributed by atoms with E-state index in [0.717, 1.165) is 4.90 Å². The molecule has 2 unspecified atom stereocenters. The van der Waals surface area contributed by atoms with Crippen LogP contribution in [0, 0.1) is 11.6 Å². The number of nitrogens with zero attached hydrogens (tertiary/aromatic N) is 2. The van der Waals surface area contributed by atoms with Gasteiger partial charge in [0.25, 0.3) is 5.91 Å². The zero-order valence-electron chi connectivity index (χ0n) is 13.4. The molecule has 25 heavy (non-hydrogen) atoms. The van der Waals surface area contributed by atoms with Gasteiger partial charge in [-0.05, 0) is 37.3 Å². The van der Waals surface area contributed by atoms with Gasteiger partial charge in [-0.2, -0.15) is 0 Å². The molecule has 0 aromatic heterocycles. The summed E-state index contributed by atoms with van der Waals surface area (Å²) in [6, 6.07) is 9.37. The topological polar surface area (TPSA) is 60.9 Å². The van der Waals surface area contributed by atoms with Crippen LogP contribution in [-0.2, 0) is 4.79 Å². The van der Waals surface area contributed by atoms with Crippen molar-refractivity contribution in [3.8, 4) is 0 Å². The van der Waals surface area contributed by atoms with Crippen LogP contribution in [0.1, 0.15) is 18.6 Å². The van der Waals surface area contributed by atoms with Crippen molar-refractivity contribution in [2.24, 2.45) is 0 Å². The molecule has 130 valence electrons. The highest BCUT2D eigenvalue weighted by Crippen LogP contribution is 2.28. The summed E-state index contributed by atoms with van der Waals surface area (Å²) in [5.41, 5.74) is 0.381. The molecule has 1 saturated heterocycles. The number of rotatable bonds is 4. The Morgan fingerprint density at radius 1 is 1.08 bits per heavy atom. The molecule has 0 bridgehead atoms. The lowest BCUT2D eigenvalue weighted by Gasteiger charge is -2.21. The lowest BCUT2D eigenvalue weighted by molar-refractivity contribution is -0.128. The Labute approximate surface area is 143 Å². The SMILES string of the molecule is CC1C(=O)N(CC(O)c2ccccc2F)C(=O)N1c1ccc(F)cc1. The first kappa shape index (κ1) is 17.0. The van der Waals surface area contributed by atoms with Gasteiger partial charge in [-0.25, -0.2) is 13.6 Å². The van der Waals surface area contributed by atoms with E-state index in [2.05, 4.69) is 0 Å². The molecule has 0 spiro atoms. The number of amides is 3. The van der Waals surface area contributed by atoms with Crippen molar-refractivity contribution in [3.05, 3.63) is 65.7 Å². The Morgan fingerprint density at radius 2 is 1.72 bits per heavy atom. The first-order valence-corrected chi connectivity index (χ1v) is 7.72. The van der Waals surface area contributed by atoms with Gasteiger partial charge in [-0.3, -0.25) is 14.6 Å². The molecular formula is C18H16F2N2O3. The van der Waals surface area contributed by atoms with Crippen molar-refractivity contribution < 1.29 is 23.5 Å². The van der Waals surface area contributed by atoms with Gasteiger partial charge in [-0.1, -0.05) is 18.2 Å². The third-order valence-electron chi connectivity index (χ3n) is 4.17. The Balaban J connectivity index is 1.83. The highest BCUT2D eigenvalue weighted by Gasteiger charge is 2.44. The normalized spacial score (nSPS) is 18.8. The number of benzene rings is 2. The Kier molecular flexibility index (Phi) is 4.50. The summed E-state index contributed by atoms with van der Waals surface area (Å²) in [5, 5.41) is 10.2. The van der Waals surface area contributed by atoms with Crippen molar-refractivity contribution >= 4 is 17.6 Å².